The summed E-state index contributed by atoms with van der Waals surface area (Å²) in [7, 11) is 0. The first-order valence-corrected chi connectivity index (χ1v) is 6.01. The molecule has 0 amide bonds. The van der Waals surface area contributed by atoms with Gasteiger partial charge >= 0.3 is 0 Å². The van der Waals surface area contributed by atoms with E-state index < -0.39 is 0 Å². The van der Waals surface area contributed by atoms with Gasteiger partial charge in [-0.3, -0.25) is 0 Å². The Morgan fingerprint density at radius 3 is 3.07 bits per heavy atom. The second kappa shape index (κ2) is 6.03. The van der Waals surface area contributed by atoms with Crippen LogP contribution in [-0.2, 0) is 12.3 Å². The lowest BCUT2D eigenvalue weighted by molar-refractivity contribution is 0.632. The maximum Gasteiger partial charge on any atom is 0.138 e. The molecule has 0 aromatic carbocycles. The van der Waals surface area contributed by atoms with Gasteiger partial charge in [-0.15, -0.1) is 0 Å². The molecule has 5 heteroatoms. The highest BCUT2D eigenvalue weighted by molar-refractivity contribution is 7.99. The van der Waals surface area contributed by atoms with Crippen LogP contribution in [-0.4, -0.2) is 26.6 Å². The van der Waals surface area contributed by atoms with Crippen molar-refractivity contribution in [1.29, 1.82) is 0 Å². The Labute approximate surface area is 89.3 Å². The average Bonchev–Trinajstić information content (AvgIpc) is 2.62. The van der Waals surface area contributed by atoms with Gasteiger partial charge in [0.1, 0.15) is 12.2 Å². The predicted octanol–water partition coefficient (Wildman–Crippen LogP) is 1.27. The summed E-state index contributed by atoms with van der Waals surface area (Å²) in [6, 6.07) is 0. The van der Waals surface area contributed by atoms with E-state index >= 15 is 0 Å². The fraction of sp³-hybridized carbons (Fsp3) is 0.778. The summed E-state index contributed by atoms with van der Waals surface area (Å²) < 4.78 is 1.93. The molecule has 0 saturated carbocycles. The number of thioether (sulfide) groups is 1. The lowest BCUT2D eigenvalue weighted by Gasteiger charge is -2.09. The first-order chi connectivity index (χ1) is 6.77. The molecule has 1 atom stereocenters. The van der Waals surface area contributed by atoms with E-state index in [1.807, 2.05) is 16.4 Å². The van der Waals surface area contributed by atoms with Crippen LogP contribution in [0.2, 0.25) is 0 Å². The van der Waals surface area contributed by atoms with Gasteiger partial charge in [-0.25, -0.2) is 9.67 Å². The first kappa shape index (κ1) is 11.5. The van der Waals surface area contributed by atoms with Crippen LogP contribution < -0.4 is 5.73 Å². The van der Waals surface area contributed by atoms with E-state index in [1.54, 1.807) is 6.33 Å². The van der Waals surface area contributed by atoms with Gasteiger partial charge in [0.05, 0.1) is 5.75 Å². The van der Waals surface area contributed by atoms with E-state index in [0.29, 0.717) is 5.25 Å². The van der Waals surface area contributed by atoms with Crippen molar-refractivity contribution in [2.45, 2.75) is 37.8 Å². The molecule has 1 aromatic heterocycles. The Bertz CT molecular complexity index is 261. The van der Waals surface area contributed by atoms with E-state index in [4.69, 9.17) is 5.73 Å². The van der Waals surface area contributed by atoms with Crippen molar-refractivity contribution >= 4 is 11.8 Å². The fourth-order valence-corrected chi connectivity index (χ4v) is 2.16. The maximum absolute atomic E-state index is 5.49. The molecule has 2 N–H and O–H groups in total. The molecule has 0 aliphatic carbocycles. The van der Waals surface area contributed by atoms with Crippen molar-refractivity contribution in [3.63, 3.8) is 0 Å². The summed E-state index contributed by atoms with van der Waals surface area (Å²) in [5, 5.41) is 4.73. The van der Waals surface area contributed by atoms with Gasteiger partial charge in [-0.05, 0) is 19.9 Å². The van der Waals surface area contributed by atoms with Crippen LogP contribution in [0.5, 0.6) is 0 Å². The van der Waals surface area contributed by atoms with Crippen LogP contribution in [0.4, 0.5) is 0 Å². The second-order valence-electron chi connectivity index (χ2n) is 3.19. The molecular weight excluding hydrogens is 196 g/mol. The van der Waals surface area contributed by atoms with Gasteiger partial charge in [0, 0.05) is 11.8 Å². The third-order valence-electron chi connectivity index (χ3n) is 2.07. The zero-order chi connectivity index (χ0) is 10.4. The molecule has 4 nitrogen and oxygen atoms in total. The molecule has 0 bridgehead atoms. The number of aryl methyl sites for hydroxylation is 1. The largest absolute Gasteiger partial charge is 0.330 e. The highest BCUT2D eigenvalue weighted by Gasteiger charge is 2.06. The zero-order valence-electron chi connectivity index (χ0n) is 8.81. The Morgan fingerprint density at radius 1 is 1.64 bits per heavy atom. The van der Waals surface area contributed by atoms with E-state index in [-0.39, 0.29) is 0 Å². The zero-order valence-corrected chi connectivity index (χ0v) is 9.63. The molecule has 0 aliphatic rings. The number of aromatic nitrogens is 3. The number of hydrogen-bond acceptors (Lipinski definition) is 4. The minimum atomic E-state index is 0.599. The molecular formula is C9H18N4S. The number of hydrogen-bond donors (Lipinski definition) is 1. The summed E-state index contributed by atoms with van der Waals surface area (Å²) >= 11 is 1.88. The quantitative estimate of drug-likeness (QED) is 0.774. The minimum absolute atomic E-state index is 0.599. The fourth-order valence-electron chi connectivity index (χ4n) is 1.20. The van der Waals surface area contributed by atoms with Gasteiger partial charge in [0.25, 0.3) is 0 Å². The summed E-state index contributed by atoms with van der Waals surface area (Å²) in [5.41, 5.74) is 5.49. The molecule has 0 aliphatic heterocycles. The number of rotatable bonds is 6. The summed E-state index contributed by atoms with van der Waals surface area (Å²) in [6.45, 7) is 5.92. The smallest absolute Gasteiger partial charge is 0.138 e. The van der Waals surface area contributed by atoms with Crippen molar-refractivity contribution in [3.8, 4) is 0 Å². The third kappa shape index (κ3) is 3.31. The molecule has 14 heavy (non-hydrogen) atoms. The van der Waals surface area contributed by atoms with Crippen molar-refractivity contribution in [1.82, 2.24) is 14.8 Å². The van der Waals surface area contributed by atoms with E-state index in [9.17, 15) is 0 Å². The van der Waals surface area contributed by atoms with Crippen LogP contribution in [0.25, 0.3) is 0 Å². The van der Waals surface area contributed by atoms with E-state index in [1.165, 1.54) is 0 Å². The Morgan fingerprint density at radius 2 is 2.43 bits per heavy atom. The number of nitrogens with two attached hydrogens (primary N) is 1. The molecule has 1 unspecified atom stereocenters. The number of nitrogens with zero attached hydrogens (tertiary/aromatic N) is 3. The van der Waals surface area contributed by atoms with Crippen LogP contribution in [0.1, 0.15) is 26.1 Å². The van der Waals surface area contributed by atoms with Crippen LogP contribution in [0.3, 0.4) is 0 Å². The monoisotopic (exact) mass is 214 g/mol. The average molecular weight is 214 g/mol. The summed E-state index contributed by atoms with van der Waals surface area (Å²) in [6.07, 6.45) is 2.68. The Hall–Kier alpha value is -0.550. The Kier molecular flexibility index (Phi) is 4.97. The molecule has 1 heterocycles. The second-order valence-corrected chi connectivity index (χ2v) is 4.62. The normalized spacial score (nSPS) is 13.1. The first-order valence-electron chi connectivity index (χ1n) is 4.96. The van der Waals surface area contributed by atoms with Crippen molar-refractivity contribution < 1.29 is 0 Å². The maximum atomic E-state index is 5.49. The van der Waals surface area contributed by atoms with E-state index in [0.717, 1.165) is 31.1 Å². The Balaban J connectivity index is 2.37. The molecule has 0 saturated heterocycles. The molecule has 1 rings (SSSR count). The van der Waals surface area contributed by atoms with Gasteiger partial charge < -0.3 is 5.73 Å². The summed E-state index contributed by atoms with van der Waals surface area (Å²) in [5.74, 6) is 1.98. The van der Waals surface area contributed by atoms with Gasteiger partial charge in [0.2, 0.25) is 0 Å². The third-order valence-corrected chi connectivity index (χ3v) is 3.30. The lowest BCUT2D eigenvalue weighted by atomic mass is 10.3. The van der Waals surface area contributed by atoms with Crippen LogP contribution >= 0.6 is 11.8 Å². The molecule has 0 spiro atoms. The highest BCUT2D eigenvalue weighted by Crippen LogP contribution is 2.17. The highest BCUT2D eigenvalue weighted by atomic mass is 32.2. The molecule has 0 fully saturated rings. The van der Waals surface area contributed by atoms with Crippen molar-refractivity contribution in [2.24, 2.45) is 5.73 Å². The summed E-state index contributed by atoms with van der Waals surface area (Å²) in [4.78, 5) is 4.22. The minimum Gasteiger partial charge on any atom is -0.330 e. The molecule has 80 valence electrons. The van der Waals surface area contributed by atoms with Gasteiger partial charge in [0.15, 0.2) is 0 Å². The lowest BCUT2D eigenvalue weighted by Crippen LogP contribution is -2.09. The topological polar surface area (TPSA) is 56.7 Å². The van der Waals surface area contributed by atoms with Crippen LogP contribution in [0.15, 0.2) is 6.33 Å². The van der Waals surface area contributed by atoms with E-state index in [2.05, 4.69) is 23.9 Å². The van der Waals surface area contributed by atoms with Crippen molar-refractivity contribution in [3.05, 3.63) is 12.2 Å². The standard InChI is InChI=1S/C9H18N4S/c1-3-13-9(11-7-12-13)6-14-8(2)4-5-10/h7-8H,3-6,10H2,1-2H3. The van der Waals surface area contributed by atoms with Gasteiger partial charge in [-0.2, -0.15) is 16.9 Å². The van der Waals surface area contributed by atoms with Crippen molar-refractivity contribution in [2.75, 3.05) is 6.54 Å². The molecule has 0 radical (unpaired) electrons. The molecule has 1 aromatic rings. The van der Waals surface area contributed by atoms with Gasteiger partial charge in [-0.1, -0.05) is 6.92 Å². The predicted molar refractivity (Wildman–Crippen MR) is 60.1 cm³/mol. The SMILES string of the molecule is CCn1ncnc1CSC(C)CCN. The van der Waals surface area contributed by atoms with Crippen LogP contribution in [0, 0.1) is 0 Å².